The molecule has 0 spiro atoms. The highest BCUT2D eigenvalue weighted by Crippen LogP contribution is 2.34. The summed E-state index contributed by atoms with van der Waals surface area (Å²) in [6.07, 6.45) is 2.92. The molecule has 0 fully saturated rings. The number of ether oxygens (including phenoxy) is 3. The highest BCUT2D eigenvalue weighted by Gasteiger charge is 2.14. The molecular formula is C19H16N4O4. The summed E-state index contributed by atoms with van der Waals surface area (Å²) < 4.78 is 15.7. The second kappa shape index (κ2) is 7.20. The number of aromatic nitrogens is 2. The zero-order valence-electron chi connectivity index (χ0n) is 14.4. The van der Waals surface area contributed by atoms with Crippen molar-refractivity contribution in [2.45, 2.75) is 0 Å². The van der Waals surface area contributed by atoms with Crippen LogP contribution in [0.2, 0.25) is 0 Å². The van der Waals surface area contributed by atoms with Gasteiger partial charge in [0, 0.05) is 29.8 Å². The molecule has 0 saturated carbocycles. The van der Waals surface area contributed by atoms with Crippen LogP contribution in [0.25, 0.3) is 0 Å². The van der Waals surface area contributed by atoms with Crippen LogP contribution in [0.4, 0.5) is 17.3 Å². The van der Waals surface area contributed by atoms with Gasteiger partial charge in [0.2, 0.25) is 12.7 Å². The van der Waals surface area contributed by atoms with Crippen molar-refractivity contribution in [1.29, 1.82) is 0 Å². The Labute approximate surface area is 155 Å². The average Bonchev–Trinajstić information content (AvgIpc) is 3.17. The summed E-state index contributed by atoms with van der Waals surface area (Å²) in [7, 11) is 1.59. The van der Waals surface area contributed by atoms with Crippen molar-refractivity contribution in [2.24, 2.45) is 0 Å². The number of anilines is 3. The van der Waals surface area contributed by atoms with Crippen LogP contribution < -0.4 is 24.8 Å². The summed E-state index contributed by atoms with van der Waals surface area (Å²) in [4.78, 5) is 20.7. The van der Waals surface area contributed by atoms with Gasteiger partial charge in [-0.3, -0.25) is 4.79 Å². The lowest BCUT2D eigenvalue weighted by Gasteiger charge is -2.08. The highest BCUT2D eigenvalue weighted by molar-refractivity contribution is 6.03. The van der Waals surface area contributed by atoms with Crippen molar-refractivity contribution in [1.82, 2.24) is 9.97 Å². The van der Waals surface area contributed by atoms with E-state index in [1.807, 2.05) is 6.07 Å². The lowest BCUT2D eigenvalue weighted by Crippen LogP contribution is -2.13. The van der Waals surface area contributed by atoms with Gasteiger partial charge in [-0.05, 0) is 36.4 Å². The molecule has 3 aromatic rings. The Morgan fingerprint density at radius 1 is 1.00 bits per heavy atom. The number of carbonyl (C=O) groups excluding carboxylic acids is 1. The van der Waals surface area contributed by atoms with Crippen molar-refractivity contribution in [3.63, 3.8) is 0 Å². The molecule has 1 aliphatic heterocycles. The summed E-state index contributed by atoms with van der Waals surface area (Å²) in [6.45, 7) is 0.216. The first kappa shape index (κ1) is 16.6. The molecule has 0 radical (unpaired) electrons. The normalized spacial score (nSPS) is 11.7. The maximum Gasteiger partial charge on any atom is 0.258 e. The Balaban J connectivity index is 1.41. The first-order valence-corrected chi connectivity index (χ1v) is 8.15. The van der Waals surface area contributed by atoms with Crippen molar-refractivity contribution in [3.05, 3.63) is 60.4 Å². The number of hydrogen-bond donors (Lipinski definition) is 2. The Morgan fingerprint density at radius 2 is 1.70 bits per heavy atom. The second-order valence-corrected chi connectivity index (χ2v) is 5.67. The smallest absolute Gasteiger partial charge is 0.258 e. The Morgan fingerprint density at radius 3 is 2.44 bits per heavy atom. The van der Waals surface area contributed by atoms with Crippen molar-refractivity contribution < 1.29 is 19.0 Å². The van der Waals surface area contributed by atoms with Gasteiger partial charge in [0.15, 0.2) is 11.5 Å². The lowest BCUT2D eigenvalue weighted by molar-refractivity contribution is 0.102. The summed E-state index contributed by atoms with van der Waals surface area (Å²) in [6, 6.07) is 12.5. The van der Waals surface area contributed by atoms with E-state index in [1.54, 1.807) is 43.5 Å². The third kappa shape index (κ3) is 3.74. The van der Waals surface area contributed by atoms with E-state index in [9.17, 15) is 4.79 Å². The third-order valence-electron chi connectivity index (χ3n) is 3.89. The van der Waals surface area contributed by atoms with Crippen LogP contribution in [0.1, 0.15) is 10.4 Å². The molecule has 0 unspecified atom stereocenters. The molecule has 2 heterocycles. The molecule has 4 rings (SSSR count). The molecule has 0 saturated heterocycles. The first-order chi connectivity index (χ1) is 13.2. The molecule has 27 heavy (non-hydrogen) atoms. The van der Waals surface area contributed by atoms with Crippen LogP contribution in [0.3, 0.4) is 0 Å². The van der Waals surface area contributed by atoms with Gasteiger partial charge >= 0.3 is 0 Å². The molecule has 2 N–H and O–H groups in total. The molecule has 1 aliphatic rings. The number of nitrogens with zero attached hydrogens (tertiary/aromatic N) is 2. The number of methoxy groups -OCH3 is 1. The summed E-state index contributed by atoms with van der Waals surface area (Å²) >= 11 is 0. The lowest BCUT2D eigenvalue weighted by atomic mass is 10.2. The minimum Gasteiger partial charge on any atom is -0.497 e. The maximum atomic E-state index is 12.3. The van der Waals surface area contributed by atoms with Crippen LogP contribution in [-0.2, 0) is 0 Å². The van der Waals surface area contributed by atoms with Crippen LogP contribution >= 0.6 is 0 Å². The Bertz CT molecular complexity index is 958. The van der Waals surface area contributed by atoms with Gasteiger partial charge in [0.05, 0.1) is 12.7 Å². The van der Waals surface area contributed by atoms with E-state index in [0.29, 0.717) is 28.7 Å². The summed E-state index contributed by atoms with van der Waals surface area (Å²) in [5, 5.41) is 5.84. The fourth-order valence-corrected chi connectivity index (χ4v) is 2.49. The van der Waals surface area contributed by atoms with E-state index in [0.717, 1.165) is 11.4 Å². The molecule has 1 aromatic heterocycles. The van der Waals surface area contributed by atoms with E-state index in [-0.39, 0.29) is 12.7 Å². The fraction of sp³-hybridized carbons (Fsp3) is 0.105. The monoisotopic (exact) mass is 364 g/mol. The van der Waals surface area contributed by atoms with Crippen LogP contribution in [0, 0.1) is 0 Å². The number of hydrogen-bond acceptors (Lipinski definition) is 7. The van der Waals surface area contributed by atoms with Gasteiger partial charge < -0.3 is 24.8 Å². The zero-order valence-corrected chi connectivity index (χ0v) is 14.4. The largest absolute Gasteiger partial charge is 0.497 e. The van der Waals surface area contributed by atoms with Crippen molar-refractivity contribution >= 4 is 23.2 Å². The van der Waals surface area contributed by atoms with Gasteiger partial charge in [0.1, 0.15) is 5.75 Å². The predicted octanol–water partition coefficient (Wildman–Crippen LogP) is 3.21. The first-order valence-electron chi connectivity index (χ1n) is 8.15. The maximum absolute atomic E-state index is 12.3. The molecule has 0 atom stereocenters. The van der Waals surface area contributed by atoms with Crippen LogP contribution in [-0.4, -0.2) is 29.8 Å². The Hall–Kier alpha value is -3.81. The van der Waals surface area contributed by atoms with E-state index in [4.69, 9.17) is 14.2 Å². The number of rotatable bonds is 5. The summed E-state index contributed by atoms with van der Waals surface area (Å²) in [5.41, 5.74) is 1.76. The second-order valence-electron chi connectivity index (χ2n) is 5.67. The number of fused-ring (bicyclic) bond motifs is 1. The Kier molecular flexibility index (Phi) is 4.44. The molecule has 0 bridgehead atoms. The number of nitrogens with one attached hydrogen (secondary N) is 2. The van der Waals surface area contributed by atoms with Crippen molar-refractivity contribution in [2.75, 3.05) is 24.5 Å². The SMILES string of the molecule is COc1ccc(NC(=O)c2cnc(Nc3ccc4c(c3)OCO4)nc2)cc1. The quantitative estimate of drug-likeness (QED) is 0.718. The van der Waals surface area contributed by atoms with Gasteiger partial charge in [-0.15, -0.1) is 0 Å². The van der Waals surface area contributed by atoms with E-state index < -0.39 is 0 Å². The van der Waals surface area contributed by atoms with Gasteiger partial charge in [-0.2, -0.15) is 0 Å². The predicted molar refractivity (Wildman–Crippen MR) is 98.8 cm³/mol. The average molecular weight is 364 g/mol. The van der Waals surface area contributed by atoms with E-state index in [2.05, 4.69) is 20.6 Å². The molecule has 0 aliphatic carbocycles. The molecule has 1 amide bonds. The van der Waals surface area contributed by atoms with Gasteiger partial charge in [0.25, 0.3) is 5.91 Å². The minimum absolute atomic E-state index is 0.216. The minimum atomic E-state index is -0.296. The van der Waals surface area contributed by atoms with Crippen LogP contribution in [0.15, 0.2) is 54.9 Å². The summed E-state index contributed by atoms with van der Waals surface area (Å²) in [5.74, 6) is 2.16. The van der Waals surface area contributed by atoms with Crippen LogP contribution in [0.5, 0.6) is 17.2 Å². The zero-order chi connectivity index (χ0) is 18.6. The highest BCUT2D eigenvalue weighted by atomic mass is 16.7. The van der Waals surface area contributed by atoms with Crippen molar-refractivity contribution in [3.8, 4) is 17.2 Å². The third-order valence-corrected chi connectivity index (χ3v) is 3.89. The van der Waals surface area contributed by atoms with E-state index >= 15 is 0 Å². The van der Waals surface area contributed by atoms with Gasteiger partial charge in [-0.25, -0.2) is 9.97 Å². The molecule has 8 nitrogen and oxygen atoms in total. The topological polar surface area (TPSA) is 94.6 Å². The molecule has 136 valence electrons. The fourth-order valence-electron chi connectivity index (χ4n) is 2.49. The molecule has 2 aromatic carbocycles. The van der Waals surface area contributed by atoms with E-state index in [1.165, 1.54) is 12.4 Å². The number of benzene rings is 2. The van der Waals surface area contributed by atoms with Gasteiger partial charge in [-0.1, -0.05) is 0 Å². The molecule has 8 heteroatoms. The molecular weight excluding hydrogens is 348 g/mol. The number of carbonyl (C=O) groups is 1. The number of amides is 1. The standard InChI is InChI=1S/C19H16N4O4/c1-25-15-5-2-13(3-6-15)22-18(24)12-9-20-19(21-10-12)23-14-4-7-16-17(8-14)27-11-26-16/h2-10H,11H2,1H3,(H,22,24)(H,20,21,23).